The lowest BCUT2D eigenvalue weighted by Crippen LogP contribution is -2.03. The van der Waals surface area contributed by atoms with E-state index in [0.29, 0.717) is 0 Å². The van der Waals surface area contributed by atoms with Crippen LogP contribution in [0.3, 0.4) is 0 Å². The van der Waals surface area contributed by atoms with Gasteiger partial charge in [0, 0.05) is 5.75 Å². The summed E-state index contributed by atoms with van der Waals surface area (Å²) in [5.74, 6) is 0.898. The van der Waals surface area contributed by atoms with Gasteiger partial charge in [0.2, 0.25) is 0 Å². The Morgan fingerprint density at radius 2 is 1.59 bits per heavy atom. The molecule has 1 atom stereocenters. The lowest BCUT2D eigenvalue weighted by Gasteiger charge is -2.23. The highest BCUT2D eigenvalue weighted by Gasteiger charge is 2.23. The van der Waals surface area contributed by atoms with Crippen LogP contribution in [0.25, 0.3) is 0 Å². The van der Waals surface area contributed by atoms with Crippen LogP contribution in [0.15, 0.2) is 97.4 Å². The Labute approximate surface area is 142 Å². The van der Waals surface area contributed by atoms with E-state index < -0.39 is 5.24 Å². The van der Waals surface area contributed by atoms with E-state index in [1.54, 1.807) is 6.08 Å². The summed E-state index contributed by atoms with van der Waals surface area (Å²) in [6.45, 7) is 7.77. The normalized spacial score (nSPS) is 14.1. The van der Waals surface area contributed by atoms with Crippen LogP contribution in [0.2, 0.25) is 0 Å². The van der Waals surface area contributed by atoms with Gasteiger partial charge in [-0.15, -0.1) is 11.4 Å². The van der Waals surface area contributed by atoms with E-state index in [9.17, 15) is 0 Å². The molecule has 22 heavy (non-hydrogen) atoms. The zero-order valence-electron chi connectivity index (χ0n) is 12.4. The van der Waals surface area contributed by atoms with Crippen molar-refractivity contribution in [3.05, 3.63) is 103 Å². The molecular weight excluding hydrogens is 323 g/mol. The van der Waals surface area contributed by atoms with Gasteiger partial charge in [0.15, 0.2) is 0 Å². The SMILES string of the molecule is C=C/C=C(\C=C)P(=S)(SCc1ccccc1)c1ccccc1. The van der Waals surface area contributed by atoms with Gasteiger partial charge in [-0.3, -0.25) is 0 Å². The Hall–Kier alpha value is -1.34. The molecule has 0 nitrogen and oxygen atoms in total. The summed E-state index contributed by atoms with van der Waals surface area (Å²) in [5, 5.41) is 0.367. The van der Waals surface area contributed by atoms with E-state index in [2.05, 4.69) is 49.6 Å². The van der Waals surface area contributed by atoms with Crippen LogP contribution in [-0.2, 0) is 17.6 Å². The zero-order valence-corrected chi connectivity index (χ0v) is 14.9. The van der Waals surface area contributed by atoms with Crippen LogP contribution in [0, 0.1) is 0 Å². The highest BCUT2D eigenvalue weighted by atomic mass is 32.9. The van der Waals surface area contributed by atoms with Crippen molar-refractivity contribution >= 4 is 33.7 Å². The van der Waals surface area contributed by atoms with Gasteiger partial charge in [0.05, 0.1) is 5.24 Å². The maximum Gasteiger partial charge on any atom is 0.0616 e. The van der Waals surface area contributed by atoms with Crippen LogP contribution in [-0.4, -0.2) is 0 Å². The second-order valence-electron chi connectivity index (χ2n) is 4.68. The van der Waals surface area contributed by atoms with Crippen molar-refractivity contribution < 1.29 is 0 Å². The number of hydrogen-bond acceptors (Lipinski definition) is 2. The summed E-state index contributed by atoms with van der Waals surface area (Å²) >= 11 is 7.98. The van der Waals surface area contributed by atoms with Gasteiger partial charge < -0.3 is 0 Å². The molecule has 3 heteroatoms. The predicted molar refractivity (Wildman–Crippen MR) is 107 cm³/mol. The summed E-state index contributed by atoms with van der Waals surface area (Å²) in [4.78, 5) is 0. The van der Waals surface area contributed by atoms with Crippen molar-refractivity contribution in [3.63, 3.8) is 0 Å². The van der Waals surface area contributed by atoms with E-state index in [0.717, 1.165) is 11.1 Å². The van der Waals surface area contributed by atoms with Crippen molar-refractivity contribution in [2.45, 2.75) is 5.75 Å². The molecule has 0 aliphatic rings. The molecule has 0 bridgehead atoms. The van der Waals surface area contributed by atoms with Crippen LogP contribution in [0.1, 0.15) is 5.56 Å². The molecular formula is C19H19PS2. The van der Waals surface area contributed by atoms with Crippen molar-refractivity contribution in [1.29, 1.82) is 0 Å². The smallest absolute Gasteiger partial charge is 0.0616 e. The van der Waals surface area contributed by atoms with E-state index in [-0.39, 0.29) is 0 Å². The summed E-state index contributed by atoms with van der Waals surface area (Å²) in [6, 6.07) is 20.8. The van der Waals surface area contributed by atoms with Gasteiger partial charge in [0.25, 0.3) is 0 Å². The van der Waals surface area contributed by atoms with Gasteiger partial charge in [-0.05, 0) is 16.2 Å². The van der Waals surface area contributed by atoms with Crippen molar-refractivity contribution in [3.8, 4) is 0 Å². The second-order valence-corrected chi connectivity index (χ2v) is 12.1. The average molecular weight is 342 g/mol. The van der Waals surface area contributed by atoms with Crippen molar-refractivity contribution in [1.82, 2.24) is 0 Å². The third-order valence-electron chi connectivity index (χ3n) is 3.19. The van der Waals surface area contributed by atoms with Crippen LogP contribution < -0.4 is 5.30 Å². The molecule has 2 aromatic rings. The molecule has 0 saturated heterocycles. The third kappa shape index (κ3) is 4.10. The summed E-state index contributed by atoms with van der Waals surface area (Å²) in [6.07, 6.45) is 5.68. The van der Waals surface area contributed by atoms with E-state index >= 15 is 0 Å². The monoisotopic (exact) mass is 342 g/mol. The predicted octanol–water partition coefficient (Wildman–Crippen LogP) is 5.90. The topological polar surface area (TPSA) is 0 Å². The van der Waals surface area contributed by atoms with Crippen LogP contribution in [0.4, 0.5) is 0 Å². The van der Waals surface area contributed by atoms with Gasteiger partial charge in [-0.25, -0.2) is 0 Å². The first kappa shape index (κ1) is 17.0. The minimum atomic E-state index is -1.94. The maximum absolute atomic E-state index is 6.14. The Kier molecular flexibility index (Phi) is 6.45. The molecule has 0 aromatic heterocycles. The van der Waals surface area contributed by atoms with Crippen molar-refractivity contribution in [2.75, 3.05) is 0 Å². The lowest BCUT2D eigenvalue weighted by atomic mass is 10.2. The number of rotatable bonds is 7. The van der Waals surface area contributed by atoms with E-state index in [1.807, 2.05) is 47.8 Å². The molecule has 0 fully saturated rings. The zero-order chi connectivity index (χ0) is 15.8. The number of allylic oxidation sites excluding steroid dienone is 4. The van der Waals surface area contributed by atoms with Crippen LogP contribution >= 0.6 is 16.6 Å². The summed E-state index contributed by atoms with van der Waals surface area (Å²) in [5.41, 5.74) is 1.29. The van der Waals surface area contributed by atoms with Crippen molar-refractivity contribution in [2.24, 2.45) is 0 Å². The maximum atomic E-state index is 6.14. The highest BCUT2D eigenvalue weighted by Crippen LogP contribution is 2.65. The van der Waals surface area contributed by atoms with E-state index in [4.69, 9.17) is 11.8 Å². The number of hydrogen-bond donors (Lipinski definition) is 0. The summed E-state index contributed by atoms with van der Waals surface area (Å²) in [7, 11) is 0. The van der Waals surface area contributed by atoms with Gasteiger partial charge >= 0.3 is 0 Å². The first-order valence-electron chi connectivity index (χ1n) is 7.00. The lowest BCUT2D eigenvalue weighted by molar-refractivity contribution is 1.43. The fraction of sp³-hybridized carbons (Fsp3) is 0.0526. The standard InChI is InChI=1S/C19H19PS2/c1-3-11-18(4-2)20(21,19-14-9-6-10-15-19)22-16-17-12-7-5-8-13-17/h3-15H,1-2,16H2/b18-11+. The fourth-order valence-electron chi connectivity index (χ4n) is 2.07. The highest BCUT2D eigenvalue weighted by molar-refractivity contribution is 8.74. The van der Waals surface area contributed by atoms with E-state index in [1.165, 1.54) is 10.9 Å². The molecule has 0 saturated carbocycles. The Bertz CT molecular complexity index is 703. The van der Waals surface area contributed by atoms with Gasteiger partial charge in [-0.1, -0.05) is 104 Å². The molecule has 0 N–H and O–H groups in total. The molecule has 0 aliphatic heterocycles. The minimum Gasteiger partial charge on any atom is -0.110 e. The van der Waals surface area contributed by atoms with Gasteiger partial charge in [0.1, 0.15) is 0 Å². The first-order chi connectivity index (χ1) is 10.7. The molecule has 0 heterocycles. The quantitative estimate of drug-likeness (QED) is 0.454. The summed E-state index contributed by atoms with van der Waals surface area (Å²) < 4.78 is 0. The Morgan fingerprint density at radius 1 is 1.00 bits per heavy atom. The largest absolute Gasteiger partial charge is 0.110 e. The molecule has 112 valence electrons. The third-order valence-corrected chi connectivity index (χ3v) is 11.0. The molecule has 1 unspecified atom stereocenters. The first-order valence-corrected chi connectivity index (χ1v) is 11.4. The second kappa shape index (κ2) is 8.33. The average Bonchev–Trinajstić information content (AvgIpc) is 2.59. The molecule has 0 aliphatic carbocycles. The molecule has 2 rings (SSSR count). The molecule has 0 spiro atoms. The molecule has 0 radical (unpaired) electrons. The Balaban J connectivity index is 2.38. The minimum absolute atomic E-state index is 0.898. The van der Waals surface area contributed by atoms with Crippen LogP contribution in [0.5, 0.6) is 0 Å². The molecule has 2 aromatic carbocycles. The number of benzene rings is 2. The Morgan fingerprint density at radius 3 is 2.14 bits per heavy atom. The fourth-order valence-corrected chi connectivity index (χ4v) is 8.20. The van der Waals surface area contributed by atoms with Gasteiger partial charge in [-0.2, -0.15) is 0 Å². The molecule has 0 amide bonds.